The Labute approximate surface area is 100 Å². The molecule has 0 atom stereocenters. The lowest BCUT2D eigenvalue weighted by molar-refractivity contribution is 1.13. The lowest BCUT2D eigenvalue weighted by Crippen LogP contribution is -2.10. The van der Waals surface area contributed by atoms with Gasteiger partial charge in [-0.1, -0.05) is 21.2 Å². The SMILES string of the molecule is NC1=NN=C(N=NNc2ccc(Br)cc2)C1. The van der Waals surface area contributed by atoms with Crippen LogP contribution in [0.2, 0.25) is 0 Å². The Morgan fingerprint density at radius 3 is 2.62 bits per heavy atom. The molecule has 0 aromatic heterocycles. The van der Waals surface area contributed by atoms with Crippen LogP contribution in [-0.4, -0.2) is 11.7 Å². The predicted molar refractivity (Wildman–Crippen MR) is 66.3 cm³/mol. The number of rotatable bonds is 2. The molecule has 0 unspecified atom stereocenters. The third-order valence-electron chi connectivity index (χ3n) is 1.82. The molecule has 1 aliphatic rings. The average molecular weight is 281 g/mol. The summed E-state index contributed by atoms with van der Waals surface area (Å²) in [5.74, 6) is 0.958. The summed E-state index contributed by atoms with van der Waals surface area (Å²) in [7, 11) is 0. The monoisotopic (exact) mass is 280 g/mol. The summed E-state index contributed by atoms with van der Waals surface area (Å²) in [4.78, 5) is 0. The van der Waals surface area contributed by atoms with Crippen molar-refractivity contribution in [3.63, 3.8) is 0 Å². The quantitative estimate of drug-likeness (QED) is 0.643. The van der Waals surface area contributed by atoms with Crippen LogP contribution in [0.1, 0.15) is 6.42 Å². The number of amidine groups is 2. The second-order valence-electron chi connectivity index (χ2n) is 3.10. The van der Waals surface area contributed by atoms with Crippen LogP contribution in [0, 0.1) is 0 Å². The van der Waals surface area contributed by atoms with Crippen LogP contribution in [0.15, 0.2) is 49.3 Å². The molecule has 1 aliphatic heterocycles. The molecule has 16 heavy (non-hydrogen) atoms. The molecule has 3 N–H and O–H groups in total. The summed E-state index contributed by atoms with van der Waals surface area (Å²) >= 11 is 3.34. The van der Waals surface area contributed by atoms with E-state index < -0.39 is 0 Å². The molecule has 0 spiro atoms. The Hall–Kier alpha value is -1.76. The van der Waals surface area contributed by atoms with Gasteiger partial charge in [0.2, 0.25) is 0 Å². The number of nitrogens with zero attached hydrogens (tertiary/aromatic N) is 4. The third kappa shape index (κ3) is 2.86. The zero-order valence-corrected chi connectivity index (χ0v) is 9.85. The molecule has 1 aromatic carbocycles. The van der Waals surface area contributed by atoms with Crippen LogP contribution in [-0.2, 0) is 0 Å². The maximum absolute atomic E-state index is 5.43. The maximum atomic E-state index is 5.43. The second kappa shape index (κ2) is 4.84. The van der Waals surface area contributed by atoms with Crippen molar-refractivity contribution in [2.24, 2.45) is 26.3 Å². The predicted octanol–water partition coefficient (Wildman–Crippen LogP) is 2.30. The molecule has 7 heteroatoms. The van der Waals surface area contributed by atoms with Gasteiger partial charge in [0.1, 0.15) is 5.84 Å². The van der Waals surface area contributed by atoms with Gasteiger partial charge in [-0.05, 0) is 24.3 Å². The fraction of sp³-hybridized carbons (Fsp3) is 0.111. The molecule has 6 nitrogen and oxygen atoms in total. The number of halogens is 1. The fourth-order valence-corrected chi connectivity index (χ4v) is 1.34. The Balaban J connectivity index is 1.88. The number of nitrogens with one attached hydrogen (secondary N) is 1. The number of nitrogens with two attached hydrogens (primary N) is 1. The number of hydrogen-bond donors (Lipinski definition) is 2. The molecule has 0 saturated heterocycles. The van der Waals surface area contributed by atoms with Gasteiger partial charge in [0.15, 0.2) is 5.84 Å². The molecule has 1 heterocycles. The van der Waals surface area contributed by atoms with E-state index in [0.717, 1.165) is 10.2 Å². The van der Waals surface area contributed by atoms with E-state index in [1.807, 2.05) is 24.3 Å². The first-order valence-electron chi connectivity index (χ1n) is 4.55. The zero-order valence-electron chi connectivity index (χ0n) is 8.26. The topological polar surface area (TPSA) is 87.5 Å². The van der Waals surface area contributed by atoms with Crippen molar-refractivity contribution in [1.82, 2.24) is 0 Å². The van der Waals surface area contributed by atoms with E-state index in [4.69, 9.17) is 5.73 Å². The molecular weight excluding hydrogens is 272 g/mol. The van der Waals surface area contributed by atoms with Crippen molar-refractivity contribution in [1.29, 1.82) is 0 Å². The minimum absolute atomic E-state index is 0.450. The Morgan fingerprint density at radius 1 is 1.25 bits per heavy atom. The van der Waals surface area contributed by atoms with Crippen LogP contribution in [0.25, 0.3) is 0 Å². The largest absolute Gasteiger partial charge is 0.385 e. The van der Waals surface area contributed by atoms with Crippen LogP contribution in [0.4, 0.5) is 5.69 Å². The Morgan fingerprint density at radius 2 is 2.00 bits per heavy atom. The first-order chi connectivity index (χ1) is 7.74. The first kappa shape index (κ1) is 10.7. The molecule has 82 valence electrons. The molecule has 0 saturated carbocycles. The van der Waals surface area contributed by atoms with Crippen molar-refractivity contribution in [3.8, 4) is 0 Å². The van der Waals surface area contributed by atoms with Crippen molar-refractivity contribution < 1.29 is 0 Å². The summed E-state index contributed by atoms with van der Waals surface area (Å²) < 4.78 is 1.01. The van der Waals surface area contributed by atoms with Crippen molar-refractivity contribution >= 4 is 33.3 Å². The summed E-state index contributed by atoms with van der Waals surface area (Å²) in [6.45, 7) is 0. The maximum Gasteiger partial charge on any atom is 0.182 e. The van der Waals surface area contributed by atoms with Gasteiger partial charge in [-0.2, -0.15) is 0 Å². The van der Waals surface area contributed by atoms with E-state index in [0.29, 0.717) is 18.1 Å². The molecule has 0 radical (unpaired) electrons. The highest BCUT2D eigenvalue weighted by Gasteiger charge is 2.07. The van der Waals surface area contributed by atoms with Crippen molar-refractivity contribution in [2.75, 3.05) is 5.43 Å². The number of benzene rings is 1. The van der Waals surface area contributed by atoms with Crippen LogP contribution >= 0.6 is 15.9 Å². The van der Waals surface area contributed by atoms with E-state index in [1.54, 1.807) is 0 Å². The molecule has 1 aromatic rings. The van der Waals surface area contributed by atoms with Crippen LogP contribution in [0.3, 0.4) is 0 Å². The molecule has 0 amide bonds. The lowest BCUT2D eigenvalue weighted by atomic mass is 10.3. The highest BCUT2D eigenvalue weighted by atomic mass is 79.9. The van der Waals surface area contributed by atoms with Crippen LogP contribution in [0.5, 0.6) is 0 Å². The normalized spacial score (nSPS) is 15.1. The van der Waals surface area contributed by atoms with E-state index in [1.165, 1.54) is 0 Å². The van der Waals surface area contributed by atoms with Crippen LogP contribution < -0.4 is 11.2 Å². The summed E-state index contributed by atoms with van der Waals surface area (Å²) in [5.41, 5.74) is 9.06. The van der Waals surface area contributed by atoms with Gasteiger partial charge in [0.25, 0.3) is 0 Å². The van der Waals surface area contributed by atoms with E-state index in [9.17, 15) is 0 Å². The van der Waals surface area contributed by atoms with Gasteiger partial charge >= 0.3 is 0 Å². The average Bonchev–Trinajstić information content (AvgIpc) is 2.67. The third-order valence-corrected chi connectivity index (χ3v) is 2.35. The Bertz CT molecular complexity index is 461. The standard InChI is InChI=1S/C9H9BrN6/c10-6-1-3-7(4-2-6)12-16-15-9-5-8(11)13-14-9/h1-4H,5H2,(H2,11,13)(H,12,14,15). The highest BCUT2D eigenvalue weighted by Crippen LogP contribution is 2.14. The summed E-state index contributed by atoms with van der Waals surface area (Å²) in [6.07, 6.45) is 0.450. The molecule has 0 aliphatic carbocycles. The molecule has 0 bridgehead atoms. The molecule has 0 fully saturated rings. The van der Waals surface area contributed by atoms with Crippen molar-refractivity contribution in [2.45, 2.75) is 6.42 Å². The number of anilines is 1. The molecule has 2 rings (SSSR count). The zero-order chi connectivity index (χ0) is 11.4. The summed E-state index contributed by atoms with van der Waals surface area (Å²) in [6, 6.07) is 7.58. The fourth-order valence-electron chi connectivity index (χ4n) is 1.07. The number of hydrogen-bond acceptors (Lipinski definition) is 5. The Kier molecular flexibility index (Phi) is 3.25. The van der Waals surface area contributed by atoms with Gasteiger partial charge in [0, 0.05) is 4.47 Å². The van der Waals surface area contributed by atoms with Gasteiger partial charge in [-0.15, -0.1) is 15.3 Å². The lowest BCUT2D eigenvalue weighted by Gasteiger charge is -1.97. The smallest absolute Gasteiger partial charge is 0.182 e. The first-order valence-corrected chi connectivity index (χ1v) is 5.34. The van der Waals surface area contributed by atoms with E-state index in [2.05, 4.69) is 41.9 Å². The molecular formula is C9H9BrN6. The van der Waals surface area contributed by atoms with Crippen molar-refractivity contribution in [3.05, 3.63) is 28.7 Å². The van der Waals surface area contributed by atoms with Gasteiger partial charge in [-0.3, -0.25) is 5.43 Å². The van der Waals surface area contributed by atoms with Gasteiger partial charge in [0.05, 0.1) is 12.1 Å². The summed E-state index contributed by atoms with van der Waals surface area (Å²) in [5, 5.41) is 15.0. The van der Waals surface area contributed by atoms with E-state index in [-0.39, 0.29) is 0 Å². The van der Waals surface area contributed by atoms with E-state index >= 15 is 0 Å². The minimum atomic E-state index is 0.450. The minimum Gasteiger partial charge on any atom is -0.385 e. The van der Waals surface area contributed by atoms with Gasteiger partial charge in [-0.25, -0.2) is 0 Å². The second-order valence-corrected chi connectivity index (χ2v) is 4.02. The van der Waals surface area contributed by atoms with Gasteiger partial charge < -0.3 is 5.73 Å². The highest BCUT2D eigenvalue weighted by molar-refractivity contribution is 9.10.